The molecule has 1 saturated heterocycles. The molecule has 0 bridgehead atoms. The Labute approximate surface area is 132 Å². The van der Waals surface area contributed by atoms with Crippen molar-refractivity contribution in [3.05, 3.63) is 30.6 Å². The number of hydrogen-bond donors (Lipinski definition) is 0. The molecule has 1 fully saturated rings. The number of aryl methyl sites for hydroxylation is 1. The summed E-state index contributed by atoms with van der Waals surface area (Å²) in [6.45, 7) is 1.73. The van der Waals surface area contributed by atoms with Gasteiger partial charge in [-0.3, -0.25) is 4.98 Å². The Hall–Kier alpha value is -1.82. The Morgan fingerprint density at radius 2 is 2.00 bits per heavy atom. The van der Waals surface area contributed by atoms with Crippen LogP contribution in [0.15, 0.2) is 30.6 Å². The molecule has 0 N–H and O–H groups in total. The van der Waals surface area contributed by atoms with Crippen molar-refractivity contribution in [2.24, 2.45) is 7.05 Å². The summed E-state index contributed by atoms with van der Waals surface area (Å²) >= 11 is 0.493. The largest absolute Gasteiger partial charge is 0.356 e. The molecule has 1 aliphatic rings. The predicted octanol–water partition coefficient (Wildman–Crippen LogP) is 3.71. The summed E-state index contributed by atoms with van der Waals surface area (Å²) in [5.74, 6) is 0.980. The van der Waals surface area contributed by atoms with Crippen LogP contribution in [0.5, 0.6) is 0 Å². The molecule has 22 heavy (non-hydrogen) atoms. The molecule has 114 valence electrons. The molecule has 0 spiro atoms. The number of aromatic nitrogens is 3. The van der Waals surface area contributed by atoms with E-state index in [1.165, 1.54) is 0 Å². The van der Waals surface area contributed by atoms with Gasteiger partial charge in [-0.2, -0.15) is 3.89 Å². The Bertz CT molecular complexity index is 823. The lowest BCUT2D eigenvalue weighted by Gasteiger charge is -2.31. The zero-order valence-corrected chi connectivity index (χ0v) is 13.2. The van der Waals surface area contributed by atoms with Crippen LogP contribution in [-0.4, -0.2) is 32.9 Å². The van der Waals surface area contributed by atoms with Gasteiger partial charge in [-0.15, -0.1) is 0 Å². The molecule has 0 saturated carbocycles. The van der Waals surface area contributed by atoms with Gasteiger partial charge in [0.2, 0.25) is 0 Å². The molecular formula is C16H17FN4S. The number of nitrogens with zero attached hydrogens (tertiary/aromatic N) is 4. The summed E-state index contributed by atoms with van der Waals surface area (Å²) in [4.78, 5) is 11.3. The summed E-state index contributed by atoms with van der Waals surface area (Å²) in [5.41, 5.74) is 2.12. The third-order valence-corrected chi connectivity index (χ3v) is 5.24. The number of anilines is 1. The van der Waals surface area contributed by atoms with Crippen molar-refractivity contribution >= 4 is 39.9 Å². The van der Waals surface area contributed by atoms with Gasteiger partial charge in [0.05, 0.1) is 5.52 Å². The fourth-order valence-corrected chi connectivity index (χ4v) is 3.64. The van der Waals surface area contributed by atoms with Crippen molar-refractivity contribution in [1.29, 1.82) is 0 Å². The standard InChI is InChI=1S/C16H17FN4S/c1-20-14-4-7-18-10-13(14)12-2-3-15(19-16(12)20)21-8-5-11(22-17)6-9-21/h2-4,7,10-11H,5-6,8-9H2,1H3. The second-order valence-corrected chi connectivity index (χ2v) is 6.61. The van der Waals surface area contributed by atoms with E-state index >= 15 is 0 Å². The second-order valence-electron chi connectivity index (χ2n) is 5.77. The molecule has 6 heteroatoms. The van der Waals surface area contributed by atoms with E-state index in [-0.39, 0.29) is 5.25 Å². The zero-order chi connectivity index (χ0) is 15.1. The van der Waals surface area contributed by atoms with Gasteiger partial charge < -0.3 is 9.47 Å². The second kappa shape index (κ2) is 5.43. The highest BCUT2D eigenvalue weighted by Gasteiger charge is 2.21. The number of piperidine rings is 1. The van der Waals surface area contributed by atoms with Gasteiger partial charge >= 0.3 is 0 Å². The summed E-state index contributed by atoms with van der Waals surface area (Å²) in [6.07, 6.45) is 5.45. The highest BCUT2D eigenvalue weighted by molar-refractivity contribution is 7.94. The highest BCUT2D eigenvalue weighted by atomic mass is 32.2. The predicted molar refractivity (Wildman–Crippen MR) is 89.9 cm³/mol. The van der Waals surface area contributed by atoms with E-state index in [2.05, 4.69) is 26.6 Å². The lowest BCUT2D eigenvalue weighted by Crippen LogP contribution is -2.35. The molecule has 0 amide bonds. The van der Waals surface area contributed by atoms with Gasteiger partial charge in [0, 0.05) is 60.7 Å². The molecule has 4 nitrogen and oxygen atoms in total. The minimum atomic E-state index is 0.142. The third-order valence-electron chi connectivity index (χ3n) is 4.52. The quantitative estimate of drug-likeness (QED) is 0.722. The van der Waals surface area contributed by atoms with E-state index < -0.39 is 0 Å². The van der Waals surface area contributed by atoms with Crippen molar-refractivity contribution < 1.29 is 3.89 Å². The van der Waals surface area contributed by atoms with Gasteiger partial charge in [0.15, 0.2) is 0 Å². The van der Waals surface area contributed by atoms with Gasteiger partial charge in [0.1, 0.15) is 11.5 Å². The normalized spacial score (nSPS) is 16.7. The minimum absolute atomic E-state index is 0.142. The molecule has 3 aromatic rings. The highest BCUT2D eigenvalue weighted by Crippen LogP contribution is 2.30. The van der Waals surface area contributed by atoms with Gasteiger partial charge in [-0.1, -0.05) is 0 Å². The third kappa shape index (κ3) is 2.13. The van der Waals surface area contributed by atoms with Crippen LogP contribution in [0, 0.1) is 0 Å². The molecule has 4 heterocycles. The number of fused-ring (bicyclic) bond motifs is 3. The van der Waals surface area contributed by atoms with Crippen LogP contribution in [0.1, 0.15) is 12.8 Å². The van der Waals surface area contributed by atoms with Crippen molar-refractivity contribution in [3.63, 3.8) is 0 Å². The first-order valence-electron chi connectivity index (χ1n) is 7.49. The molecule has 4 rings (SSSR count). The van der Waals surface area contributed by atoms with Crippen molar-refractivity contribution in [1.82, 2.24) is 14.5 Å². The maximum Gasteiger partial charge on any atom is 0.143 e. The Kier molecular flexibility index (Phi) is 3.41. The lowest BCUT2D eigenvalue weighted by molar-refractivity contribution is 0.580. The minimum Gasteiger partial charge on any atom is -0.356 e. The van der Waals surface area contributed by atoms with Crippen LogP contribution in [0.4, 0.5) is 9.70 Å². The average molecular weight is 316 g/mol. The molecule has 0 radical (unpaired) electrons. The Morgan fingerprint density at radius 1 is 1.18 bits per heavy atom. The fourth-order valence-electron chi connectivity index (χ4n) is 3.26. The molecule has 1 aliphatic heterocycles. The Balaban J connectivity index is 1.75. The lowest BCUT2D eigenvalue weighted by atomic mass is 10.1. The molecule has 0 atom stereocenters. The fraction of sp³-hybridized carbons (Fsp3) is 0.375. The first-order valence-corrected chi connectivity index (χ1v) is 8.27. The number of pyridine rings is 2. The van der Waals surface area contributed by atoms with E-state index in [9.17, 15) is 3.89 Å². The molecule has 0 aliphatic carbocycles. The van der Waals surface area contributed by atoms with Crippen LogP contribution in [-0.2, 0) is 7.05 Å². The molecular weight excluding hydrogens is 299 g/mol. The topological polar surface area (TPSA) is 34.0 Å². The van der Waals surface area contributed by atoms with Gasteiger partial charge in [0.25, 0.3) is 0 Å². The van der Waals surface area contributed by atoms with E-state index in [1.54, 1.807) is 0 Å². The van der Waals surface area contributed by atoms with E-state index in [0.29, 0.717) is 12.1 Å². The monoisotopic (exact) mass is 316 g/mol. The van der Waals surface area contributed by atoms with Gasteiger partial charge in [-0.25, -0.2) is 4.98 Å². The first-order chi connectivity index (χ1) is 10.8. The summed E-state index contributed by atoms with van der Waals surface area (Å²) in [7, 11) is 2.04. The van der Waals surface area contributed by atoms with Crippen LogP contribution >= 0.6 is 12.1 Å². The van der Waals surface area contributed by atoms with E-state index in [1.807, 2.05) is 25.5 Å². The smallest absolute Gasteiger partial charge is 0.143 e. The first kappa shape index (κ1) is 13.8. The number of halogens is 1. The van der Waals surface area contributed by atoms with Crippen LogP contribution in [0.3, 0.4) is 0 Å². The number of rotatable bonds is 2. The molecule has 0 unspecified atom stereocenters. The van der Waals surface area contributed by atoms with Crippen molar-refractivity contribution in [2.45, 2.75) is 18.1 Å². The summed E-state index contributed by atoms with van der Waals surface area (Å²) in [5, 5.41) is 2.40. The summed E-state index contributed by atoms with van der Waals surface area (Å²) in [6, 6.07) is 6.20. The average Bonchev–Trinajstić information content (AvgIpc) is 2.88. The van der Waals surface area contributed by atoms with Crippen LogP contribution in [0.2, 0.25) is 0 Å². The molecule has 0 aromatic carbocycles. The zero-order valence-electron chi connectivity index (χ0n) is 12.4. The maximum atomic E-state index is 12.7. The molecule has 3 aromatic heterocycles. The SMILES string of the molecule is Cn1c2ccncc2c2ccc(N3CCC(SF)CC3)nc21. The van der Waals surface area contributed by atoms with E-state index in [4.69, 9.17) is 4.98 Å². The van der Waals surface area contributed by atoms with Crippen molar-refractivity contribution in [2.75, 3.05) is 18.0 Å². The Morgan fingerprint density at radius 3 is 2.77 bits per heavy atom. The van der Waals surface area contributed by atoms with Crippen LogP contribution in [0.25, 0.3) is 21.9 Å². The van der Waals surface area contributed by atoms with Crippen molar-refractivity contribution in [3.8, 4) is 0 Å². The summed E-state index contributed by atoms with van der Waals surface area (Å²) < 4.78 is 14.8. The van der Waals surface area contributed by atoms with E-state index in [0.717, 1.165) is 53.7 Å². The maximum absolute atomic E-state index is 12.7. The number of hydrogen-bond acceptors (Lipinski definition) is 4. The van der Waals surface area contributed by atoms with Crippen LogP contribution < -0.4 is 4.90 Å². The van der Waals surface area contributed by atoms with Gasteiger partial charge in [-0.05, 0) is 31.0 Å².